The van der Waals surface area contributed by atoms with Crippen LogP contribution in [0.15, 0.2) is 6.20 Å². The molecule has 1 aromatic heterocycles. The number of aliphatic carboxylic acids is 1. The Morgan fingerprint density at radius 1 is 1.40 bits per heavy atom. The molecule has 0 aliphatic heterocycles. The molecule has 15 heavy (non-hydrogen) atoms. The predicted molar refractivity (Wildman–Crippen MR) is 58.0 cm³/mol. The highest BCUT2D eigenvalue weighted by Gasteiger charge is 2.16. The van der Waals surface area contributed by atoms with Crippen molar-refractivity contribution in [3.63, 3.8) is 0 Å². The van der Waals surface area contributed by atoms with E-state index in [1.54, 1.807) is 10.8 Å². The molecule has 4 nitrogen and oxygen atoms in total. The van der Waals surface area contributed by atoms with Crippen molar-refractivity contribution in [3.8, 4) is 0 Å². The molecule has 0 aromatic carbocycles. The number of carbonyl (C=O) groups is 1. The van der Waals surface area contributed by atoms with Crippen LogP contribution in [0.1, 0.15) is 51.0 Å². The van der Waals surface area contributed by atoms with Gasteiger partial charge in [-0.2, -0.15) is 0 Å². The fraction of sp³-hybridized carbons (Fsp3) is 0.636. The average Bonchev–Trinajstić information content (AvgIpc) is 2.46. The van der Waals surface area contributed by atoms with Gasteiger partial charge in [0.2, 0.25) is 0 Å². The van der Waals surface area contributed by atoms with Gasteiger partial charge in [0.1, 0.15) is 12.4 Å². The van der Waals surface area contributed by atoms with Gasteiger partial charge in [-0.1, -0.05) is 27.7 Å². The van der Waals surface area contributed by atoms with Crippen molar-refractivity contribution in [2.45, 2.75) is 46.1 Å². The number of rotatable bonds is 4. The first-order valence-corrected chi connectivity index (χ1v) is 5.20. The molecule has 0 saturated carbocycles. The van der Waals surface area contributed by atoms with Gasteiger partial charge < -0.3 is 9.67 Å². The third-order valence-corrected chi connectivity index (χ3v) is 2.32. The minimum atomic E-state index is -0.822. The van der Waals surface area contributed by atoms with Crippen LogP contribution in [0.4, 0.5) is 0 Å². The summed E-state index contributed by atoms with van der Waals surface area (Å²) in [5, 5.41) is 8.85. The number of imidazole rings is 1. The minimum absolute atomic E-state index is 0.00102. The highest BCUT2D eigenvalue weighted by molar-refractivity contribution is 5.66. The molecular weight excluding hydrogens is 192 g/mol. The van der Waals surface area contributed by atoms with Crippen LogP contribution < -0.4 is 0 Å². The summed E-state index contributed by atoms with van der Waals surface area (Å²) in [6, 6.07) is 0. The number of hydrogen-bond donors (Lipinski definition) is 1. The van der Waals surface area contributed by atoms with Gasteiger partial charge >= 0.3 is 5.97 Å². The standard InChI is InChI=1S/C11H18N2O2/c1-7(2)9-5-12-11(8(3)4)13(9)6-10(14)15/h5,7-8H,6H2,1-4H3,(H,14,15). The van der Waals surface area contributed by atoms with Crippen molar-refractivity contribution in [1.29, 1.82) is 0 Å². The highest BCUT2D eigenvalue weighted by atomic mass is 16.4. The van der Waals surface area contributed by atoms with Gasteiger partial charge in [-0.25, -0.2) is 4.98 Å². The first kappa shape index (κ1) is 11.8. The quantitative estimate of drug-likeness (QED) is 0.829. The third-order valence-electron chi connectivity index (χ3n) is 2.32. The largest absolute Gasteiger partial charge is 0.480 e. The molecule has 0 radical (unpaired) electrons. The lowest BCUT2D eigenvalue weighted by Gasteiger charge is -2.13. The molecule has 1 aromatic rings. The Morgan fingerprint density at radius 3 is 2.40 bits per heavy atom. The fourth-order valence-corrected chi connectivity index (χ4v) is 1.63. The summed E-state index contributed by atoms with van der Waals surface area (Å²) in [6.45, 7) is 8.12. The lowest BCUT2D eigenvalue weighted by Crippen LogP contribution is -2.15. The van der Waals surface area contributed by atoms with Crippen LogP contribution in [0.2, 0.25) is 0 Å². The van der Waals surface area contributed by atoms with E-state index >= 15 is 0 Å². The molecule has 0 fully saturated rings. The smallest absolute Gasteiger partial charge is 0.323 e. The van der Waals surface area contributed by atoms with Crippen molar-refractivity contribution < 1.29 is 9.90 Å². The van der Waals surface area contributed by atoms with E-state index < -0.39 is 5.97 Å². The highest BCUT2D eigenvalue weighted by Crippen LogP contribution is 2.20. The molecule has 0 atom stereocenters. The van der Waals surface area contributed by atoms with Crippen LogP contribution in [-0.4, -0.2) is 20.6 Å². The van der Waals surface area contributed by atoms with Crippen LogP contribution in [0, 0.1) is 0 Å². The summed E-state index contributed by atoms with van der Waals surface area (Å²) < 4.78 is 1.80. The van der Waals surface area contributed by atoms with E-state index in [1.165, 1.54) is 0 Å². The molecule has 0 spiro atoms. The van der Waals surface area contributed by atoms with E-state index in [-0.39, 0.29) is 12.5 Å². The van der Waals surface area contributed by atoms with Crippen molar-refractivity contribution in [2.24, 2.45) is 0 Å². The molecule has 1 heterocycles. The first-order chi connectivity index (χ1) is 6.93. The van der Waals surface area contributed by atoms with Gasteiger partial charge in [0, 0.05) is 17.8 Å². The maximum Gasteiger partial charge on any atom is 0.323 e. The van der Waals surface area contributed by atoms with Crippen molar-refractivity contribution in [3.05, 3.63) is 17.7 Å². The van der Waals surface area contributed by atoms with E-state index in [0.29, 0.717) is 5.92 Å². The predicted octanol–water partition coefficient (Wildman–Crippen LogP) is 2.21. The normalized spacial score (nSPS) is 11.3. The SMILES string of the molecule is CC(C)c1cnc(C(C)C)n1CC(=O)O. The maximum absolute atomic E-state index is 10.8. The van der Waals surface area contributed by atoms with Crippen molar-refractivity contribution >= 4 is 5.97 Å². The zero-order valence-corrected chi connectivity index (χ0v) is 9.69. The zero-order chi connectivity index (χ0) is 11.6. The molecule has 0 bridgehead atoms. The number of carboxylic acid groups (broad SMARTS) is 1. The summed E-state index contributed by atoms with van der Waals surface area (Å²) in [7, 11) is 0. The summed E-state index contributed by atoms with van der Waals surface area (Å²) >= 11 is 0. The Morgan fingerprint density at radius 2 is 2.00 bits per heavy atom. The number of aromatic nitrogens is 2. The van der Waals surface area contributed by atoms with Crippen molar-refractivity contribution in [2.75, 3.05) is 0 Å². The molecule has 0 amide bonds. The molecule has 0 unspecified atom stereocenters. The first-order valence-electron chi connectivity index (χ1n) is 5.20. The zero-order valence-electron chi connectivity index (χ0n) is 9.69. The van der Waals surface area contributed by atoms with E-state index in [4.69, 9.17) is 5.11 Å². The van der Waals surface area contributed by atoms with Crippen LogP contribution in [0.5, 0.6) is 0 Å². The fourth-order valence-electron chi connectivity index (χ4n) is 1.63. The van der Waals surface area contributed by atoms with Gasteiger partial charge in [0.25, 0.3) is 0 Å². The molecular formula is C11H18N2O2. The molecule has 0 aliphatic carbocycles. The van der Waals surface area contributed by atoms with Gasteiger partial charge in [0.15, 0.2) is 0 Å². The van der Waals surface area contributed by atoms with E-state index in [1.807, 2.05) is 27.7 Å². The van der Waals surface area contributed by atoms with Gasteiger partial charge in [-0.15, -0.1) is 0 Å². The molecule has 1 rings (SSSR count). The van der Waals surface area contributed by atoms with Gasteiger partial charge in [-0.3, -0.25) is 4.79 Å². The van der Waals surface area contributed by atoms with Gasteiger partial charge in [-0.05, 0) is 5.92 Å². The number of hydrogen-bond acceptors (Lipinski definition) is 2. The maximum atomic E-state index is 10.8. The van der Waals surface area contributed by atoms with E-state index in [0.717, 1.165) is 11.5 Å². The Labute approximate surface area is 89.9 Å². The third kappa shape index (κ3) is 2.58. The number of carboxylic acids is 1. The summed E-state index contributed by atoms with van der Waals surface area (Å²) in [4.78, 5) is 15.1. The monoisotopic (exact) mass is 210 g/mol. The Kier molecular flexibility index (Phi) is 3.50. The number of nitrogens with zero attached hydrogens (tertiary/aromatic N) is 2. The lowest BCUT2D eigenvalue weighted by atomic mass is 10.1. The van der Waals surface area contributed by atoms with E-state index in [2.05, 4.69) is 4.98 Å². The van der Waals surface area contributed by atoms with Crippen LogP contribution >= 0.6 is 0 Å². The molecule has 1 N–H and O–H groups in total. The topological polar surface area (TPSA) is 55.1 Å². The minimum Gasteiger partial charge on any atom is -0.480 e. The Balaban J connectivity index is 3.14. The Hall–Kier alpha value is -1.32. The molecule has 84 valence electrons. The molecule has 0 saturated heterocycles. The molecule has 0 aliphatic rings. The van der Waals surface area contributed by atoms with Crippen LogP contribution in [-0.2, 0) is 11.3 Å². The lowest BCUT2D eigenvalue weighted by molar-refractivity contribution is -0.137. The second-order valence-electron chi connectivity index (χ2n) is 4.33. The second-order valence-corrected chi connectivity index (χ2v) is 4.33. The van der Waals surface area contributed by atoms with Crippen molar-refractivity contribution in [1.82, 2.24) is 9.55 Å². The van der Waals surface area contributed by atoms with E-state index in [9.17, 15) is 4.79 Å². The summed E-state index contributed by atoms with van der Waals surface area (Å²) in [6.07, 6.45) is 1.78. The Bertz CT molecular complexity index is 328. The van der Waals surface area contributed by atoms with Crippen LogP contribution in [0.3, 0.4) is 0 Å². The average molecular weight is 210 g/mol. The van der Waals surface area contributed by atoms with Crippen LogP contribution in [0.25, 0.3) is 0 Å². The molecule has 4 heteroatoms. The van der Waals surface area contributed by atoms with Gasteiger partial charge in [0.05, 0.1) is 0 Å². The second kappa shape index (κ2) is 4.47. The summed E-state index contributed by atoms with van der Waals surface area (Å²) in [5.74, 6) is 0.569. The summed E-state index contributed by atoms with van der Waals surface area (Å²) in [5.41, 5.74) is 0.987.